The second kappa shape index (κ2) is 11.3. The van der Waals surface area contributed by atoms with Gasteiger partial charge in [-0.05, 0) is 73.2 Å². The number of halogens is 9. The highest BCUT2D eigenvalue weighted by molar-refractivity contribution is 5.90. The lowest BCUT2D eigenvalue weighted by Gasteiger charge is -2.43. The van der Waals surface area contributed by atoms with Crippen molar-refractivity contribution in [2.45, 2.75) is 63.1 Å². The zero-order chi connectivity index (χ0) is 29.3. The minimum absolute atomic E-state index is 0.0126. The van der Waals surface area contributed by atoms with Crippen LogP contribution >= 0.6 is 0 Å². The molecule has 0 saturated heterocycles. The van der Waals surface area contributed by atoms with Crippen LogP contribution in [0.5, 0.6) is 0 Å². The van der Waals surface area contributed by atoms with Crippen molar-refractivity contribution >= 4 is 11.8 Å². The standard InChI is InChI=1S/C26H26F9NO3/c1-4-18-12-19(20-11-15(24(27,28)29)6-7-22(20)36(18)23(37)39-5-2)21(13-38-3)14-8-16(25(30,31)32)10-17(9-14)26(33,34)35/h6-11,18-19,21H,4-5,12-13H2,1-3H3/t18-,19-,21+/m1/s1. The Bertz CT molecular complexity index is 1140. The number of methoxy groups -OCH3 is 1. The summed E-state index contributed by atoms with van der Waals surface area (Å²) in [5.74, 6) is -2.23. The number of fused-ring (bicyclic) bond motifs is 1. The summed E-state index contributed by atoms with van der Waals surface area (Å²) < 4.78 is 133. The predicted molar refractivity (Wildman–Crippen MR) is 123 cm³/mol. The van der Waals surface area contributed by atoms with Gasteiger partial charge in [-0.2, -0.15) is 39.5 Å². The van der Waals surface area contributed by atoms with Crippen LogP contribution in [-0.4, -0.2) is 32.5 Å². The monoisotopic (exact) mass is 571 g/mol. The number of nitrogens with zero attached hydrogens (tertiary/aromatic N) is 1. The number of hydrogen-bond acceptors (Lipinski definition) is 3. The summed E-state index contributed by atoms with van der Waals surface area (Å²) in [7, 11) is 1.18. The Kier molecular flexibility index (Phi) is 8.83. The zero-order valence-corrected chi connectivity index (χ0v) is 21.1. The Morgan fingerprint density at radius 2 is 1.46 bits per heavy atom. The van der Waals surface area contributed by atoms with E-state index in [1.807, 2.05) is 0 Å². The number of ether oxygens (including phenoxy) is 2. The number of benzene rings is 2. The molecule has 0 radical (unpaired) electrons. The van der Waals surface area contributed by atoms with Crippen LogP contribution in [-0.2, 0) is 28.0 Å². The lowest BCUT2D eigenvalue weighted by atomic mass is 9.73. The largest absolute Gasteiger partial charge is 0.449 e. The molecule has 0 aromatic heterocycles. The molecule has 0 fully saturated rings. The van der Waals surface area contributed by atoms with Gasteiger partial charge in [0.25, 0.3) is 0 Å². The number of rotatable bonds is 6. The molecule has 39 heavy (non-hydrogen) atoms. The van der Waals surface area contributed by atoms with Gasteiger partial charge in [-0.25, -0.2) is 4.79 Å². The molecule has 0 spiro atoms. The SMILES string of the molecule is CCOC(=O)N1c2ccc(C(F)(F)F)cc2[C@H]([C@@H](COC)c2cc(C(F)(F)F)cc(C(F)(F)F)c2)C[C@H]1CC. The minimum Gasteiger partial charge on any atom is -0.449 e. The van der Waals surface area contributed by atoms with Gasteiger partial charge in [0.1, 0.15) is 0 Å². The molecule has 1 aliphatic rings. The fraction of sp³-hybridized carbons (Fsp3) is 0.500. The summed E-state index contributed by atoms with van der Waals surface area (Å²) in [6.07, 6.45) is -15.6. The number of amides is 1. The van der Waals surface area contributed by atoms with Crippen molar-refractivity contribution < 1.29 is 53.8 Å². The molecule has 2 aromatic carbocycles. The van der Waals surface area contributed by atoms with Gasteiger partial charge in [0, 0.05) is 19.1 Å². The van der Waals surface area contributed by atoms with Crippen LogP contribution in [0.4, 0.5) is 50.0 Å². The normalized spacial score (nSPS) is 19.0. The molecule has 2 aromatic rings. The first-order chi connectivity index (χ1) is 18.0. The molecule has 1 aliphatic heterocycles. The number of alkyl halides is 9. The van der Waals surface area contributed by atoms with Crippen LogP contribution < -0.4 is 4.90 Å². The smallest absolute Gasteiger partial charge is 0.416 e. The summed E-state index contributed by atoms with van der Waals surface area (Å²) in [6.45, 7) is 2.82. The van der Waals surface area contributed by atoms with Crippen molar-refractivity contribution in [3.8, 4) is 0 Å². The van der Waals surface area contributed by atoms with Crippen molar-refractivity contribution in [1.29, 1.82) is 0 Å². The molecule has 0 unspecified atom stereocenters. The maximum absolute atomic E-state index is 13.7. The second-order valence-electron chi connectivity index (χ2n) is 9.15. The minimum atomic E-state index is -5.12. The number of anilines is 1. The number of carbonyl (C=O) groups excluding carboxylic acids is 1. The van der Waals surface area contributed by atoms with Crippen LogP contribution in [0.25, 0.3) is 0 Å². The maximum atomic E-state index is 13.7. The fourth-order valence-electron chi connectivity index (χ4n) is 4.96. The van der Waals surface area contributed by atoms with Gasteiger partial charge in [-0.1, -0.05) is 6.92 Å². The first kappa shape index (κ1) is 30.6. The zero-order valence-electron chi connectivity index (χ0n) is 21.1. The molecule has 0 aliphatic carbocycles. The van der Waals surface area contributed by atoms with Crippen molar-refractivity contribution in [3.63, 3.8) is 0 Å². The molecular formula is C26H26F9NO3. The van der Waals surface area contributed by atoms with E-state index in [2.05, 4.69) is 0 Å². The van der Waals surface area contributed by atoms with Crippen LogP contribution in [0, 0.1) is 0 Å². The van der Waals surface area contributed by atoms with Gasteiger partial charge in [0.2, 0.25) is 0 Å². The Hall–Kier alpha value is -2.96. The van der Waals surface area contributed by atoms with E-state index < -0.39 is 71.4 Å². The first-order valence-corrected chi connectivity index (χ1v) is 12.0. The second-order valence-corrected chi connectivity index (χ2v) is 9.15. The molecule has 216 valence electrons. The van der Waals surface area contributed by atoms with E-state index in [1.54, 1.807) is 13.8 Å². The molecule has 0 N–H and O–H groups in total. The Labute approximate surface area is 218 Å². The molecular weight excluding hydrogens is 545 g/mol. The average Bonchev–Trinajstić information content (AvgIpc) is 2.84. The van der Waals surface area contributed by atoms with E-state index in [4.69, 9.17) is 9.47 Å². The molecule has 13 heteroatoms. The molecule has 0 saturated carbocycles. The van der Waals surface area contributed by atoms with E-state index in [-0.39, 0.29) is 36.8 Å². The van der Waals surface area contributed by atoms with Gasteiger partial charge in [0.05, 0.1) is 35.6 Å². The van der Waals surface area contributed by atoms with Crippen molar-refractivity contribution in [1.82, 2.24) is 0 Å². The molecule has 0 bridgehead atoms. The highest BCUT2D eigenvalue weighted by Gasteiger charge is 2.43. The highest BCUT2D eigenvalue weighted by atomic mass is 19.4. The van der Waals surface area contributed by atoms with E-state index in [0.717, 1.165) is 18.2 Å². The summed E-state index contributed by atoms with van der Waals surface area (Å²) in [6, 6.07) is 3.06. The van der Waals surface area contributed by atoms with Crippen LogP contribution in [0.3, 0.4) is 0 Å². The Morgan fingerprint density at radius 3 is 1.92 bits per heavy atom. The van der Waals surface area contributed by atoms with Gasteiger partial charge in [-0.3, -0.25) is 4.90 Å². The summed E-state index contributed by atoms with van der Waals surface area (Å²) >= 11 is 0. The lowest BCUT2D eigenvalue weighted by Crippen LogP contribution is -2.46. The third-order valence-corrected chi connectivity index (χ3v) is 6.71. The fourth-order valence-corrected chi connectivity index (χ4v) is 4.96. The third kappa shape index (κ3) is 6.62. The van der Waals surface area contributed by atoms with E-state index in [1.165, 1.54) is 12.0 Å². The third-order valence-electron chi connectivity index (χ3n) is 6.71. The Morgan fingerprint density at radius 1 is 0.897 bits per heavy atom. The predicted octanol–water partition coefficient (Wildman–Crippen LogP) is 8.40. The van der Waals surface area contributed by atoms with Crippen molar-refractivity contribution in [2.24, 2.45) is 0 Å². The van der Waals surface area contributed by atoms with Crippen LogP contribution in [0.2, 0.25) is 0 Å². The first-order valence-electron chi connectivity index (χ1n) is 12.0. The molecule has 4 nitrogen and oxygen atoms in total. The molecule has 3 rings (SSSR count). The quantitative estimate of drug-likeness (QED) is 0.327. The van der Waals surface area contributed by atoms with Crippen LogP contribution in [0.1, 0.15) is 66.3 Å². The number of carbonyl (C=O) groups is 1. The van der Waals surface area contributed by atoms with Gasteiger partial charge in [0.15, 0.2) is 0 Å². The van der Waals surface area contributed by atoms with E-state index in [0.29, 0.717) is 12.1 Å². The summed E-state index contributed by atoms with van der Waals surface area (Å²) in [5.41, 5.74) is -4.60. The molecule has 1 heterocycles. The summed E-state index contributed by atoms with van der Waals surface area (Å²) in [5, 5.41) is 0. The topological polar surface area (TPSA) is 38.8 Å². The molecule has 1 amide bonds. The lowest BCUT2D eigenvalue weighted by molar-refractivity contribution is -0.143. The number of hydrogen-bond donors (Lipinski definition) is 0. The summed E-state index contributed by atoms with van der Waals surface area (Å²) in [4.78, 5) is 14.0. The molecule has 3 atom stereocenters. The van der Waals surface area contributed by atoms with Gasteiger partial charge in [-0.15, -0.1) is 0 Å². The van der Waals surface area contributed by atoms with Crippen LogP contribution in [0.15, 0.2) is 36.4 Å². The Balaban J connectivity index is 2.30. The van der Waals surface area contributed by atoms with E-state index >= 15 is 0 Å². The van der Waals surface area contributed by atoms with Crippen molar-refractivity contribution in [3.05, 3.63) is 64.2 Å². The van der Waals surface area contributed by atoms with Gasteiger partial charge >= 0.3 is 24.6 Å². The maximum Gasteiger partial charge on any atom is 0.416 e. The van der Waals surface area contributed by atoms with Crippen molar-refractivity contribution in [2.75, 3.05) is 25.2 Å². The average molecular weight is 571 g/mol. The highest BCUT2D eigenvalue weighted by Crippen LogP contribution is 2.49. The van der Waals surface area contributed by atoms with Gasteiger partial charge < -0.3 is 9.47 Å². The van der Waals surface area contributed by atoms with E-state index in [9.17, 15) is 44.3 Å².